The number of esters is 1. The van der Waals surface area contributed by atoms with Crippen LogP contribution in [-0.2, 0) is 4.74 Å². The molecule has 128 valence electrons. The smallest absolute Gasteiger partial charge is 0.337 e. The predicted molar refractivity (Wildman–Crippen MR) is 97.7 cm³/mol. The molecule has 0 spiro atoms. The maximum Gasteiger partial charge on any atom is 0.337 e. The number of hydrogen-bond donors (Lipinski definition) is 0. The molecule has 6 heteroatoms. The van der Waals surface area contributed by atoms with E-state index in [0.717, 1.165) is 16.8 Å². The number of fused-ring (bicyclic) bond motifs is 1. The largest absolute Gasteiger partial charge is 0.465 e. The zero-order valence-electron chi connectivity index (χ0n) is 14.4. The molecule has 0 bridgehead atoms. The summed E-state index contributed by atoms with van der Waals surface area (Å²) in [6.07, 6.45) is 0. The van der Waals surface area contributed by atoms with E-state index in [4.69, 9.17) is 4.74 Å². The lowest BCUT2D eigenvalue weighted by Gasteiger charge is -2.05. The predicted octanol–water partition coefficient (Wildman–Crippen LogP) is 3.55. The maximum atomic E-state index is 11.6. The molecule has 6 nitrogen and oxygen atoms in total. The highest BCUT2D eigenvalue weighted by Crippen LogP contribution is 2.22. The number of hydrogen-bond acceptors (Lipinski definition) is 5. The Kier molecular flexibility index (Phi) is 3.93. The number of carbonyl (C=O) groups excluding carboxylic acids is 1. The summed E-state index contributed by atoms with van der Waals surface area (Å²) < 4.78 is 6.46. The number of rotatable bonds is 3. The van der Waals surface area contributed by atoms with Gasteiger partial charge in [-0.2, -0.15) is 9.61 Å². The van der Waals surface area contributed by atoms with Crippen LogP contribution in [-0.4, -0.2) is 32.9 Å². The van der Waals surface area contributed by atoms with Crippen molar-refractivity contribution in [2.75, 3.05) is 7.11 Å². The highest BCUT2D eigenvalue weighted by atomic mass is 16.5. The molecule has 26 heavy (non-hydrogen) atoms. The van der Waals surface area contributed by atoms with E-state index in [9.17, 15) is 4.79 Å². The number of methoxy groups -OCH3 is 1. The Hall–Kier alpha value is -3.54. The molecule has 0 atom stereocenters. The zero-order chi connectivity index (χ0) is 18.1. The molecule has 0 saturated heterocycles. The highest BCUT2D eigenvalue weighted by Gasteiger charge is 2.11. The van der Waals surface area contributed by atoms with Gasteiger partial charge >= 0.3 is 5.97 Å². The third kappa shape index (κ3) is 2.82. The van der Waals surface area contributed by atoms with Crippen molar-refractivity contribution in [3.63, 3.8) is 0 Å². The first-order valence-corrected chi connectivity index (χ1v) is 8.14. The quantitative estimate of drug-likeness (QED) is 0.532. The van der Waals surface area contributed by atoms with E-state index in [-0.39, 0.29) is 5.97 Å². The topological polar surface area (TPSA) is 69.4 Å². The molecule has 2 aromatic carbocycles. The van der Waals surface area contributed by atoms with Gasteiger partial charge < -0.3 is 4.74 Å². The normalized spacial score (nSPS) is 10.8. The molecule has 0 saturated carbocycles. The second-order valence-electron chi connectivity index (χ2n) is 5.95. The monoisotopic (exact) mass is 344 g/mol. The van der Waals surface area contributed by atoms with Gasteiger partial charge in [-0.05, 0) is 31.2 Å². The third-order valence-electron chi connectivity index (χ3n) is 4.17. The number of aryl methyl sites for hydroxylation is 1. The van der Waals surface area contributed by atoms with Gasteiger partial charge in [0.05, 0.1) is 18.4 Å². The minimum absolute atomic E-state index is 0.361. The Morgan fingerprint density at radius 2 is 1.58 bits per heavy atom. The molecule has 2 aromatic heterocycles. The first-order valence-electron chi connectivity index (χ1n) is 8.14. The minimum atomic E-state index is -0.361. The van der Waals surface area contributed by atoms with Crippen LogP contribution >= 0.6 is 0 Å². The molecule has 0 unspecified atom stereocenters. The van der Waals surface area contributed by atoms with Crippen LogP contribution < -0.4 is 0 Å². The van der Waals surface area contributed by atoms with E-state index in [1.807, 2.05) is 55.5 Å². The van der Waals surface area contributed by atoms with Crippen molar-refractivity contribution in [1.29, 1.82) is 0 Å². The summed E-state index contributed by atoms with van der Waals surface area (Å²) in [7, 11) is 1.37. The van der Waals surface area contributed by atoms with Gasteiger partial charge in [0.1, 0.15) is 0 Å². The average molecular weight is 344 g/mol. The standard InChI is InChI=1S/C20H16N4O2/c1-13-3-5-15(6-4-13)19-22-21-18-12-11-17(23-24(18)19)14-7-9-16(10-8-14)20(25)26-2/h3-12H,1-2H3. The van der Waals surface area contributed by atoms with Crippen LogP contribution in [0.25, 0.3) is 28.3 Å². The molecule has 4 aromatic rings. The molecule has 0 fully saturated rings. The fourth-order valence-corrected chi connectivity index (χ4v) is 2.72. The third-order valence-corrected chi connectivity index (χ3v) is 4.17. The lowest BCUT2D eigenvalue weighted by molar-refractivity contribution is 0.0601. The lowest BCUT2D eigenvalue weighted by atomic mass is 10.1. The number of aromatic nitrogens is 4. The van der Waals surface area contributed by atoms with Gasteiger partial charge in [0.25, 0.3) is 0 Å². The van der Waals surface area contributed by atoms with Crippen LogP contribution in [0.3, 0.4) is 0 Å². The van der Waals surface area contributed by atoms with Crippen LogP contribution in [0, 0.1) is 6.92 Å². The van der Waals surface area contributed by atoms with Gasteiger partial charge in [-0.25, -0.2) is 4.79 Å². The number of ether oxygens (including phenoxy) is 1. The van der Waals surface area contributed by atoms with Gasteiger partial charge in [0.2, 0.25) is 0 Å². The van der Waals surface area contributed by atoms with Crippen LogP contribution in [0.2, 0.25) is 0 Å². The first kappa shape index (κ1) is 16.0. The van der Waals surface area contributed by atoms with Crippen molar-refractivity contribution < 1.29 is 9.53 Å². The summed E-state index contributed by atoms with van der Waals surface area (Å²) in [4.78, 5) is 11.6. The Balaban J connectivity index is 1.76. The molecular weight excluding hydrogens is 328 g/mol. The minimum Gasteiger partial charge on any atom is -0.465 e. The van der Waals surface area contributed by atoms with E-state index in [0.29, 0.717) is 17.0 Å². The van der Waals surface area contributed by atoms with Crippen LogP contribution in [0.15, 0.2) is 60.7 Å². The van der Waals surface area contributed by atoms with Crippen LogP contribution in [0.4, 0.5) is 0 Å². The molecule has 0 aliphatic carbocycles. The molecule has 0 radical (unpaired) electrons. The van der Waals surface area contributed by atoms with E-state index in [2.05, 4.69) is 15.3 Å². The van der Waals surface area contributed by atoms with E-state index in [1.54, 1.807) is 16.6 Å². The zero-order valence-corrected chi connectivity index (χ0v) is 14.4. The van der Waals surface area contributed by atoms with Crippen molar-refractivity contribution >= 4 is 11.6 Å². The summed E-state index contributed by atoms with van der Waals surface area (Å²) >= 11 is 0. The Morgan fingerprint density at radius 1 is 0.885 bits per heavy atom. The van der Waals surface area contributed by atoms with Crippen molar-refractivity contribution in [1.82, 2.24) is 19.8 Å². The van der Waals surface area contributed by atoms with E-state index in [1.165, 1.54) is 12.7 Å². The summed E-state index contributed by atoms with van der Waals surface area (Å²) in [6.45, 7) is 2.04. The average Bonchev–Trinajstić information content (AvgIpc) is 3.11. The Morgan fingerprint density at radius 3 is 2.27 bits per heavy atom. The molecule has 0 amide bonds. The fraction of sp³-hybridized carbons (Fsp3) is 0.100. The number of benzene rings is 2. The van der Waals surface area contributed by atoms with Crippen molar-refractivity contribution in [3.05, 3.63) is 71.8 Å². The van der Waals surface area contributed by atoms with Crippen molar-refractivity contribution in [2.24, 2.45) is 0 Å². The fourth-order valence-electron chi connectivity index (χ4n) is 2.72. The van der Waals surface area contributed by atoms with Crippen molar-refractivity contribution in [3.8, 4) is 22.6 Å². The summed E-state index contributed by atoms with van der Waals surface area (Å²) in [6, 6.07) is 19.0. The van der Waals surface area contributed by atoms with Gasteiger partial charge in [-0.3, -0.25) is 0 Å². The van der Waals surface area contributed by atoms with Crippen molar-refractivity contribution in [2.45, 2.75) is 6.92 Å². The number of carbonyl (C=O) groups is 1. The van der Waals surface area contributed by atoms with E-state index < -0.39 is 0 Å². The molecular formula is C20H16N4O2. The Bertz CT molecular complexity index is 1080. The SMILES string of the molecule is COC(=O)c1ccc(-c2ccc3nnc(-c4ccc(C)cc4)n3n2)cc1. The number of nitrogens with zero attached hydrogens (tertiary/aromatic N) is 4. The second-order valence-corrected chi connectivity index (χ2v) is 5.95. The lowest BCUT2D eigenvalue weighted by Crippen LogP contribution is -2.01. The molecule has 0 aliphatic rings. The first-order chi connectivity index (χ1) is 12.7. The van der Waals surface area contributed by atoms with Gasteiger partial charge in [-0.1, -0.05) is 42.0 Å². The van der Waals surface area contributed by atoms with Gasteiger partial charge in [0.15, 0.2) is 11.5 Å². The van der Waals surface area contributed by atoms with Gasteiger partial charge in [-0.15, -0.1) is 10.2 Å². The molecule has 0 N–H and O–H groups in total. The summed E-state index contributed by atoms with van der Waals surface area (Å²) in [5.41, 5.74) is 4.97. The maximum absolute atomic E-state index is 11.6. The molecule has 4 rings (SSSR count). The van der Waals surface area contributed by atoms with Gasteiger partial charge in [0, 0.05) is 11.1 Å². The summed E-state index contributed by atoms with van der Waals surface area (Å²) in [5.74, 6) is 0.327. The summed E-state index contributed by atoms with van der Waals surface area (Å²) in [5, 5.41) is 13.1. The molecule has 2 heterocycles. The van der Waals surface area contributed by atoms with Crippen LogP contribution in [0.5, 0.6) is 0 Å². The molecule has 0 aliphatic heterocycles. The Labute approximate surface area is 150 Å². The van der Waals surface area contributed by atoms with Crippen LogP contribution in [0.1, 0.15) is 15.9 Å². The second kappa shape index (κ2) is 6.40. The van der Waals surface area contributed by atoms with E-state index >= 15 is 0 Å². The highest BCUT2D eigenvalue weighted by molar-refractivity contribution is 5.89.